The second-order valence-electron chi connectivity index (χ2n) is 13.1. The molecule has 0 spiro atoms. The molecule has 7 aromatic carbocycles. The molecule has 1 aliphatic rings. The summed E-state index contributed by atoms with van der Waals surface area (Å²) in [5.74, 6) is 1.96. The van der Waals surface area contributed by atoms with Crippen LogP contribution in [0.25, 0.3) is 88.5 Å². The lowest BCUT2D eigenvalue weighted by Crippen LogP contribution is -2.05. The van der Waals surface area contributed by atoms with Gasteiger partial charge < -0.3 is 4.42 Å². The first-order valence-electron chi connectivity index (χ1n) is 17.4. The molecule has 0 saturated heterocycles. The number of nitrogens with zero attached hydrogens (tertiary/aromatic N) is 3. The van der Waals surface area contributed by atoms with Crippen LogP contribution in [-0.2, 0) is 0 Å². The number of hydrogen-bond donors (Lipinski definition) is 0. The average Bonchev–Trinajstić information content (AvgIpc) is 3.59. The van der Waals surface area contributed by atoms with E-state index in [1.54, 1.807) is 0 Å². The van der Waals surface area contributed by atoms with Crippen molar-refractivity contribution in [2.45, 2.75) is 12.8 Å². The van der Waals surface area contributed by atoms with Crippen LogP contribution in [0.15, 0.2) is 168 Å². The SMILES string of the molecule is C1=CC(c2nc(-c3ccc(-c4ccc5ccccc5c4)cc3)nc(-c3ccc4ccccc4c3)n2)=C(c2cccc3oc4ccccc4c23)CC1. The maximum atomic E-state index is 6.29. The number of aromatic nitrogens is 3. The van der Waals surface area contributed by atoms with Crippen molar-refractivity contribution in [2.24, 2.45) is 0 Å². The van der Waals surface area contributed by atoms with Gasteiger partial charge in [0.1, 0.15) is 11.2 Å². The third-order valence-electron chi connectivity index (χ3n) is 10.0. The molecule has 0 amide bonds. The summed E-state index contributed by atoms with van der Waals surface area (Å²) in [4.78, 5) is 15.5. The van der Waals surface area contributed by atoms with Crippen molar-refractivity contribution < 1.29 is 4.42 Å². The van der Waals surface area contributed by atoms with Gasteiger partial charge in [-0.15, -0.1) is 0 Å². The van der Waals surface area contributed by atoms with Crippen LogP contribution >= 0.6 is 0 Å². The lowest BCUT2D eigenvalue weighted by molar-refractivity contribution is 0.669. The van der Waals surface area contributed by atoms with E-state index in [1.807, 2.05) is 12.1 Å². The van der Waals surface area contributed by atoms with Crippen LogP contribution < -0.4 is 0 Å². The lowest BCUT2D eigenvalue weighted by Gasteiger charge is -2.18. The predicted octanol–water partition coefficient (Wildman–Crippen LogP) is 12.3. The van der Waals surface area contributed by atoms with E-state index in [4.69, 9.17) is 19.4 Å². The second kappa shape index (κ2) is 12.0. The number of para-hydroxylation sites is 1. The minimum atomic E-state index is 0.644. The third kappa shape index (κ3) is 5.20. The summed E-state index contributed by atoms with van der Waals surface area (Å²) in [7, 11) is 0. The number of fused-ring (bicyclic) bond motifs is 5. The van der Waals surface area contributed by atoms with E-state index < -0.39 is 0 Å². The largest absolute Gasteiger partial charge is 0.456 e. The van der Waals surface area contributed by atoms with Gasteiger partial charge in [0, 0.05) is 27.5 Å². The van der Waals surface area contributed by atoms with Crippen molar-refractivity contribution in [2.75, 3.05) is 0 Å². The highest BCUT2D eigenvalue weighted by atomic mass is 16.3. The van der Waals surface area contributed by atoms with Crippen LogP contribution in [0.5, 0.6) is 0 Å². The first-order chi connectivity index (χ1) is 25.2. The number of furan rings is 1. The van der Waals surface area contributed by atoms with E-state index in [-0.39, 0.29) is 0 Å². The summed E-state index contributed by atoms with van der Waals surface area (Å²) in [6.07, 6.45) is 6.23. The molecule has 2 aromatic heterocycles. The zero-order valence-corrected chi connectivity index (χ0v) is 27.8. The first kappa shape index (κ1) is 29.3. The van der Waals surface area contributed by atoms with Crippen molar-refractivity contribution in [1.82, 2.24) is 15.0 Å². The Morgan fingerprint density at radius 2 is 1.04 bits per heavy atom. The van der Waals surface area contributed by atoms with E-state index in [2.05, 4.69) is 152 Å². The highest BCUT2D eigenvalue weighted by Crippen LogP contribution is 2.41. The molecule has 0 N–H and O–H groups in total. The van der Waals surface area contributed by atoms with Gasteiger partial charge >= 0.3 is 0 Å². The number of allylic oxidation sites excluding steroid dienone is 4. The quantitative estimate of drug-likeness (QED) is 0.185. The van der Waals surface area contributed by atoms with Gasteiger partial charge in [-0.25, -0.2) is 15.0 Å². The van der Waals surface area contributed by atoms with E-state index in [0.717, 1.165) is 68.0 Å². The van der Waals surface area contributed by atoms with Gasteiger partial charge in [-0.05, 0) is 80.9 Å². The molecule has 1 aliphatic carbocycles. The Hall–Kier alpha value is -6.65. The average molecular weight is 654 g/mol. The van der Waals surface area contributed by atoms with Crippen molar-refractivity contribution in [1.29, 1.82) is 0 Å². The minimum absolute atomic E-state index is 0.644. The van der Waals surface area contributed by atoms with Crippen LogP contribution in [-0.4, -0.2) is 15.0 Å². The molecule has 10 rings (SSSR count). The molecular weight excluding hydrogens is 623 g/mol. The Morgan fingerprint density at radius 3 is 1.82 bits per heavy atom. The number of rotatable bonds is 5. The highest BCUT2D eigenvalue weighted by molar-refractivity contribution is 6.13. The summed E-state index contributed by atoms with van der Waals surface area (Å²) in [6.45, 7) is 0. The standard InChI is InChI=1S/C47H31N3O/c1-3-12-34-28-36(26-22-30(34)10-1)32-20-24-33(25-21-32)45-48-46(37-27-23-31-11-2-4-13-35(31)29-37)50-47(49-45)40-15-6-5-14-38(40)39-17-9-19-43-44(39)41-16-7-8-18-42(41)51-43/h1-4,6-13,15-29H,5,14H2. The summed E-state index contributed by atoms with van der Waals surface area (Å²) in [5.41, 5.74) is 9.37. The molecule has 0 saturated carbocycles. The fourth-order valence-corrected chi connectivity index (χ4v) is 7.44. The topological polar surface area (TPSA) is 51.8 Å². The van der Waals surface area contributed by atoms with Crippen LogP contribution in [0.1, 0.15) is 24.2 Å². The zero-order chi connectivity index (χ0) is 33.7. The van der Waals surface area contributed by atoms with Gasteiger partial charge in [0.25, 0.3) is 0 Å². The van der Waals surface area contributed by atoms with Crippen LogP contribution in [0, 0.1) is 0 Å². The smallest absolute Gasteiger partial charge is 0.164 e. The Morgan fingerprint density at radius 1 is 0.451 bits per heavy atom. The molecular formula is C47H31N3O. The molecule has 0 aliphatic heterocycles. The first-order valence-corrected chi connectivity index (χ1v) is 17.4. The predicted molar refractivity (Wildman–Crippen MR) is 210 cm³/mol. The van der Waals surface area contributed by atoms with Crippen molar-refractivity contribution in [3.63, 3.8) is 0 Å². The van der Waals surface area contributed by atoms with Crippen molar-refractivity contribution >= 4 is 54.6 Å². The lowest BCUT2D eigenvalue weighted by atomic mass is 9.88. The highest BCUT2D eigenvalue weighted by Gasteiger charge is 2.21. The van der Waals surface area contributed by atoms with Gasteiger partial charge in [0.15, 0.2) is 17.5 Å². The molecule has 0 unspecified atom stereocenters. The maximum Gasteiger partial charge on any atom is 0.164 e. The Labute approximate surface area is 295 Å². The fourth-order valence-electron chi connectivity index (χ4n) is 7.44. The minimum Gasteiger partial charge on any atom is -0.456 e. The molecule has 0 bridgehead atoms. The van der Waals surface area contributed by atoms with Crippen molar-refractivity contribution in [3.8, 4) is 33.9 Å². The van der Waals surface area contributed by atoms with Gasteiger partial charge in [0.2, 0.25) is 0 Å². The summed E-state index contributed by atoms with van der Waals surface area (Å²) >= 11 is 0. The monoisotopic (exact) mass is 653 g/mol. The Kier molecular flexibility index (Phi) is 6.91. The molecule has 0 fully saturated rings. The van der Waals surface area contributed by atoms with Gasteiger partial charge in [0.05, 0.1) is 0 Å². The molecule has 51 heavy (non-hydrogen) atoms. The zero-order valence-electron chi connectivity index (χ0n) is 27.8. The molecule has 9 aromatic rings. The van der Waals surface area contributed by atoms with Gasteiger partial charge in [-0.3, -0.25) is 0 Å². The molecule has 4 heteroatoms. The van der Waals surface area contributed by atoms with E-state index in [1.165, 1.54) is 27.3 Å². The van der Waals surface area contributed by atoms with E-state index in [9.17, 15) is 0 Å². The summed E-state index contributed by atoms with van der Waals surface area (Å²) in [5, 5.41) is 7.03. The summed E-state index contributed by atoms with van der Waals surface area (Å²) < 4.78 is 6.29. The Balaban J connectivity index is 1.15. The third-order valence-corrected chi connectivity index (χ3v) is 10.0. The maximum absolute atomic E-state index is 6.29. The molecule has 4 nitrogen and oxygen atoms in total. The van der Waals surface area contributed by atoms with Crippen LogP contribution in [0.4, 0.5) is 0 Å². The molecule has 240 valence electrons. The van der Waals surface area contributed by atoms with Crippen molar-refractivity contribution in [3.05, 3.63) is 175 Å². The number of benzene rings is 7. The van der Waals surface area contributed by atoms with Gasteiger partial charge in [-0.1, -0.05) is 140 Å². The van der Waals surface area contributed by atoms with Crippen LogP contribution in [0.3, 0.4) is 0 Å². The van der Waals surface area contributed by atoms with Gasteiger partial charge in [-0.2, -0.15) is 0 Å². The number of hydrogen-bond acceptors (Lipinski definition) is 4. The molecule has 0 atom stereocenters. The van der Waals surface area contributed by atoms with E-state index >= 15 is 0 Å². The molecule has 2 heterocycles. The summed E-state index contributed by atoms with van der Waals surface area (Å²) in [6, 6.07) is 53.1. The normalized spacial score (nSPS) is 13.2. The fraction of sp³-hybridized carbons (Fsp3) is 0.0426. The van der Waals surface area contributed by atoms with Crippen LogP contribution in [0.2, 0.25) is 0 Å². The second-order valence-corrected chi connectivity index (χ2v) is 13.1. The molecule has 0 radical (unpaired) electrons. The Bertz CT molecular complexity index is 2860. The van der Waals surface area contributed by atoms with E-state index in [0.29, 0.717) is 17.5 Å².